The van der Waals surface area contributed by atoms with E-state index in [4.69, 9.17) is 0 Å². The average molecular weight is 441 g/mol. The molecule has 0 aliphatic heterocycles. The maximum absolute atomic E-state index is 13.9. The maximum atomic E-state index is 13.9. The van der Waals surface area contributed by atoms with E-state index in [1.807, 2.05) is 84.9 Å². The van der Waals surface area contributed by atoms with Crippen LogP contribution in [0, 0.1) is 0 Å². The third-order valence-electron chi connectivity index (χ3n) is 6.04. The Balaban J connectivity index is 1.77. The van der Waals surface area contributed by atoms with Crippen LogP contribution in [0.3, 0.4) is 0 Å². The molecule has 0 radical (unpaired) electrons. The van der Waals surface area contributed by atoms with Gasteiger partial charge < -0.3 is 5.11 Å². The van der Waals surface area contributed by atoms with Gasteiger partial charge in [-0.15, -0.1) is 0 Å². The lowest BCUT2D eigenvalue weighted by molar-refractivity contribution is 0.0993. The van der Waals surface area contributed by atoms with Gasteiger partial charge in [-0.1, -0.05) is 109 Å². The van der Waals surface area contributed by atoms with Crippen LogP contribution < -0.4 is 0 Å². The first kappa shape index (κ1) is 21.4. The van der Waals surface area contributed by atoms with Gasteiger partial charge >= 0.3 is 0 Å². The van der Waals surface area contributed by atoms with Crippen LogP contribution in [-0.4, -0.2) is 10.9 Å². The Hall–Kier alpha value is -4.43. The third-order valence-corrected chi connectivity index (χ3v) is 6.04. The van der Waals surface area contributed by atoms with Crippen molar-refractivity contribution < 1.29 is 9.90 Å². The monoisotopic (exact) mass is 440 g/mol. The zero-order valence-electron chi connectivity index (χ0n) is 18.7. The molecular formula is C32H24O2. The van der Waals surface area contributed by atoms with Gasteiger partial charge in [-0.25, -0.2) is 0 Å². The fourth-order valence-corrected chi connectivity index (χ4v) is 4.35. The lowest BCUT2D eigenvalue weighted by Gasteiger charge is -2.18. The van der Waals surface area contributed by atoms with Gasteiger partial charge in [0.05, 0.1) is 0 Å². The number of carbonyl (C=O) groups excluding carboxylic acids is 1. The van der Waals surface area contributed by atoms with Crippen molar-refractivity contribution in [1.82, 2.24) is 0 Å². The van der Waals surface area contributed by atoms with Gasteiger partial charge in [-0.3, -0.25) is 4.79 Å². The molecule has 0 amide bonds. The fraction of sp³-hybridized carbons (Fsp3) is 0.0312. The zero-order chi connectivity index (χ0) is 23.3. The number of aromatic hydroxyl groups is 1. The van der Waals surface area contributed by atoms with Crippen LogP contribution in [0.25, 0.3) is 33.4 Å². The van der Waals surface area contributed by atoms with Gasteiger partial charge in [0.2, 0.25) is 0 Å². The minimum atomic E-state index is -0.0289. The van der Waals surface area contributed by atoms with Crippen molar-refractivity contribution in [2.45, 2.75) is 6.42 Å². The largest absolute Gasteiger partial charge is 0.508 e. The van der Waals surface area contributed by atoms with E-state index < -0.39 is 0 Å². The van der Waals surface area contributed by atoms with Gasteiger partial charge in [0.25, 0.3) is 0 Å². The molecule has 34 heavy (non-hydrogen) atoms. The van der Waals surface area contributed by atoms with Crippen LogP contribution in [0.4, 0.5) is 0 Å². The molecule has 0 spiro atoms. The van der Waals surface area contributed by atoms with Crippen molar-refractivity contribution in [3.63, 3.8) is 0 Å². The Morgan fingerprint density at radius 1 is 0.529 bits per heavy atom. The number of Topliss-reactive ketones (excluding diaryl/α,β-unsaturated/α-hetero) is 1. The molecule has 0 saturated heterocycles. The molecule has 0 aromatic heterocycles. The molecule has 0 atom stereocenters. The number of para-hydroxylation sites is 1. The quantitative estimate of drug-likeness (QED) is 0.273. The van der Waals surface area contributed by atoms with Gasteiger partial charge in [-0.2, -0.15) is 0 Å². The highest BCUT2D eigenvalue weighted by atomic mass is 16.3. The Kier molecular flexibility index (Phi) is 6.05. The molecule has 0 saturated carbocycles. The van der Waals surface area contributed by atoms with E-state index in [1.165, 1.54) is 0 Å². The minimum Gasteiger partial charge on any atom is -0.508 e. The van der Waals surface area contributed by atoms with E-state index in [0.29, 0.717) is 11.1 Å². The van der Waals surface area contributed by atoms with Crippen molar-refractivity contribution in [1.29, 1.82) is 0 Å². The third kappa shape index (κ3) is 4.39. The smallest absolute Gasteiger partial charge is 0.168 e. The molecule has 0 fully saturated rings. The van der Waals surface area contributed by atoms with Crippen LogP contribution in [-0.2, 0) is 6.42 Å². The number of benzene rings is 5. The van der Waals surface area contributed by atoms with E-state index >= 15 is 0 Å². The summed E-state index contributed by atoms with van der Waals surface area (Å²) in [5, 5.41) is 10.3. The van der Waals surface area contributed by atoms with Crippen molar-refractivity contribution in [3.05, 3.63) is 139 Å². The molecule has 2 heteroatoms. The van der Waals surface area contributed by atoms with Gasteiger partial charge in [-0.05, 0) is 51.6 Å². The van der Waals surface area contributed by atoms with E-state index in [9.17, 15) is 9.90 Å². The van der Waals surface area contributed by atoms with Crippen LogP contribution in [0.2, 0.25) is 0 Å². The Morgan fingerprint density at radius 2 is 0.971 bits per heavy atom. The fourth-order valence-electron chi connectivity index (χ4n) is 4.35. The molecule has 1 N–H and O–H groups in total. The number of hydrogen-bond donors (Lipinski definition) is 1. The summed E-state index contributed by atoms with van der Waals surface area (Å²) in [6.45, 7) is 0. The lowest BCUT2D eigenvalue weighted by Crippen LogP contribution is -2.08. The molecule has 2 nitrogen and oxygen atoms in total. The number of ketones is 1. The van der Waals surface area contributed by atoms with E-state index in [-0.39, 0.29) is 18.0 Å². The van der Waals surface area contributed by atoms with Crippen molar-refractivity contribution in [2.75, 3.05) is 0 Å². The predicted molar refractivity (Wildman–Crippen MR) is 139 cm³/mol. The van der Waals surface area contributed by atoms with E-state index in [1.54, 1.807) is 18.2 Å². The summed E-state index contributed by atoms with van der Waals surface area (Å²) in [5.74, 6) is 0.109. The summed E-state index contributed by atoms with van der Waals surface area (Å²) in [6.07, 6.45) is 0.122. The summed E-state index contributed by atoms with van der Waals surface area (Å²) in [4.78, 5) is 13.9. The number of phenols is 1. The van der Waals surface area contributed by atoms with Crippen molar-refractivity contribution in [2.24, 2.45) is 0 Å². The summed E-state index contributed by atoms with van der Waals surface area (Å²) in [6, 6.07) is 41.5. The zero-order valence-corrected chi connectivity index (χ0v) is 18.7. The topological polar surface area (TPSA) is 37.3 Å². The number of carbonyl (C=O) groups is 1. The predicted octanol–water partition coefficient (Wildman–Crippen LogP) is 7.82. The molecule has 0 unspecified atom stereocenters. The highest BCUT2D eigenvalue weighted by Crippen LogP contribution is 2.38. The molecular weight excluding hydrogens is 416 g/mol. The number of rotatable bonds is 6. The first-order valence-corrected chi connectivity index (χ1v) is 11.3. The number of hydrogen-bond acceptors (Lipinski definition) is 2. The van der Waals surface area contributed by atoms with Crippen molar-refractivity contribution >= 4 is 5.78 Å². The molecule has 5 aromatic rings. The molecule has 5 aromatic carbocycles. The SMILES string of the molecule is O=C(Cc1ccccc1O)c1c(-c2ccccc2)cc(-c2ccccc2)cc1-c1ccccc1. The van der Waals surface area contributed by atoms with Gasteiger partial charge in [0, 0.05) is 17.5 Å². The maximum Gasteiger partial charge on any atom is 0.168 e. The first-order valence-electron chi connectivity index (χ1n) is 11.3. The van der Waals surface area contributed by atoms with Crippen LogP contribution in [0.5, 0.6) is 5.75 Å². The molecule has 0 aliphatic carbocycles. The highest BCUT2D eigenvalue weighted by Gasteiger charge is 2.21. The summed E-state index contributed by atoms with van der Waals surface area (Å²) >= 11 is 0. The molecule has 0 aliphatic rings. The molecule has 0 bridgehead atoms. The minimum absolute atomic E-state index is 0.0289. The molecule has 5 rings (SSSR count). The standard InChI is InChI=1S/C32H24O2/c33-30-19-11-10-18-26(30)22-31(34)32-28(24-14-6-2-7-15-24)20-27(23-12-4-1-5-13-23)21-29(32)25-16-8-3-9-17-25/h1-21,33H,22H2. The van der Waals surface area contributed by atoms with Crippen LogP contribution in [0.15, 0.2) is 127 Å². The van der Waals surface area contributed by atoms with E-state index in [0.717, 1.165) is 33.4 Å². The second kappa shape index (κ2) is 9.60. The van der Waals surface area contributed by atoms with Gasteiger partial charge in [0.1, 0.15) is 5.75 Å². The second-order valence-electron chi connectivity index (χ2n) is 8.27. The van der Waals surface area contributed by atoms with Gasteiger partial charge in [0.15, 0.2) is 5.78 Å². The average Bonchev–Trinajstić information content (AvgIpc) is 2.91. The van der Waals surface area contributed by atoms with E-state index in [2.05, 4.69) is 24.3 Å². The summed E-state index contributed by atoms with van der Waals surface area (Å²) in [7, 11) is 0. The second-order valence-corrected chi connectivity index (χ2v) is 8.27. The van der Waals surface area contributed by atoms with Crippen LogP contribution in [0.1, 0.15) is 15.9 Å². The first-order chi connectivity index (χ1) is 16.7. The lowest BCUT2D eigenvalue weighted by atomic mass is 9.84. The summed E-state index contributed by atoms with van der Waals surface area (Å²) in [5.41, 5.74) is 7.19. The Labute approximate surface area is 199 Å². The Morgan fingerprint density at radius 3 is 1.47 bits per heavy atom. The Bertz CT molecular complexity index is 1360. The normalized spacial score (nSPS) is 10.7. The molecule has 0 heterocycles. The number of phenolic OH excluding ortho intramolecular Hbond substituents is 1. The summed E-state index contributed by atoms with van der Waals surface area (Å²) < 4.78 is 0. The van der Waals surface area contributed by atoms with Crippen LogP contribution >= 0.6 is 0 Å². The highest BCUT2D eigenvalue weighted by molar-refractivity contribution is 6.10. The van der Waals surface area contributed by atoms with Crippen molar-refractivity contribution in [3.8, 4) is 39.1 Å². The molecule has 164 valence electrons.